The van der Waals surface area contributed by atoms with Crippen molar-refractivity contribution < 1.29 is 9.18 Å². The number of benzene rings is 1. The molecule has 0 spiro atoms. The lowest BCUT2D eigenvalue weighted by atomic mass is 10.1. The van der Waals surface area contributed by atoms with Gasteiger partial charge in [-0.05, 0) is 31.5 Å². The van der Waals surface area contributed by atoms with Crippen molar-refractivity contribution in [3.05, 3.63) is 50.6 Å². The smallest absolute Gasteiger partial charge is 0.260 e. The Morgan fingerprint density at radius 3 is 2.75 bits per heavy atom. The predicted molar refractivity (Wildman–Crippen MR) is 77.9 cm³/mol. The molecule has 1 heterocycles. The molecule has 6 heteroatoms. The molecule has 0 aliphatic heterocycles. The Labute approximate surface area is 124 Å². The highest BCUT2D eigenvalue weighted by atomic mass is 35.5. The monoisotopic (exact) mass is 308 g/mol. The number of thiophene rings is 1. The van der Waals surface area contributed by atoms with Crippen LogP contribution in [0.1, 0.15) is 26.4 Å². The Kier molecular flexibility index (Phi) is 4.07. The van der Waals surface area contributed by atoms with E-state index in [9.17, 15) is 9.18 Å². The van der Waals surface area contributed by atoms with Crippen molar-refractivity contribution in [1.29, 1.82) is 5.26 Å². The summed E-state index contributed by atoms with van der Waals surface area (Å²) in [7, 11) is 0. The van der Waals surface area contributed by atoms with Gasteiger partial charge in [-0.1, -0.05) is 17.7 Å². The van der Waals surface area contributed by atoms with Gasteiger partial charge in [0.25, 0.3) is 5.91 Å². The molecule has 0 atom stereocenters. The lowest BCUT2D eigenvalue weighted by Crippen LogP contribution is -2.14. The van der Waals surface area contributed by atoms with Gasteiger partial charge in [0.15, 0.2) is 0 Å². The van der Waals surface area contributed by atoms with Crippen LogP contribution >= 0.6 is 22.9 Å². The van der Waals surface area contributed by atoms with Crippen LogP contribution in [-0.4, -0.2) is 5.91 Å². The first kappa shape index (κ1) is 14.5. The van der Waals surface area contributed by atoms with Gasteiger partial charge >= 0.3 is 0 Å². The second kappa shape index (κ2) is 5.61. The van der Waals surface area contributed by atoms with E-state index in [2.05, 4.69) is 5.32 Å². The number of carbonyl (C=O) groups excluding carboxylic acids is 1. The highest BCUT2D eigenvalue weighted by Gasteiger charge is 2.19. The molecule has 0 bridgehead atoms. The van der Waals surface area contributed by atoms with E-state index in [0.29, 0.717) is 10.6 Å². The normalized spacial score (nSPS) is 10.2. The summed E-state index contributed by atoms with van der Waals surface area (Å²) < 4.78 is 13.7. The van der Waals surface area contributed by atoms with Crippen LogP contribution in [0, 0.1) is 31.0 Å². The number of amides is 1. The lowest BCUT2D eigenvalue weighted by Gasteiger charge is -2.06. The van der Waals surface area contributed by atoms with Crippen LogP contribution in [0.4, 0.5) is 9.39 Å². The number of nitrogens with zero attached hydrogens (tertiary/aromatic N) is 1. The van der Waals surface area contributed by atoms with Gasteiger partial charge in [-0.2, -0.15) is 5.26 Å². The van der Waals surface area contributed by atoms with Crippen LogP contribution in [-0.2, 0) is 0 Å². The fourth-order valence-corrected chi connectivity index (χ4v) is 2.98. The molecule has 1 amide bonds. The molecule has 2 aromatic rings. The lowest BCUT2D eigenvalue weighted by molar-refractivity contribution is 0.102. The van der Waals surface area contributed by atoms with Crippen molar-refractivity contribution in [3.63, 3.8) is 0 Å². The third-order valence-electron chi connectivity index (χ3n) is 2.91. The second-order valence-corrected chi connectivity index (χ2v) is 5.78. The molecule has 2 rings (SSSR count). The molecule has 0 unspecified atom stereocenters. The molecule has 0 saturated heterocycles. The van der Waals surface area contributed by atoms with E-state index in [1.807, 2.05) is 13.0 Å². The van der Waals surface area contributed by atoms with Crippen LogP contribution in [0.5, 0.6) is 0 Å². The first-order valence-electron chi connectivity index (χ1n) is 5.71. The molecular weight excluding hydrogens is 299 g/mol. The van der Waals surface area contributed by atoms with Gasteiger partial charge in [-0.3, -0.25) is 4.79 Å². The number of rotatable bonds is 2. The quantitative estimate of drug-likeness (QED) is 0.900. The Hall–Kier alpha value is -1.90. The number of hydrogen-bond acceptors (Lipinski definition) is 3. The zero-order valence-electron chi connectivity index (χ0n) is 10.8. The number of aryl methyl sites for hydroxylation is 1. The van der Waals surface area contributed by atoms with Crippen LogP contribution in [0.3, 0.4) is 0 Å². The molecule has 0 fully saturated rings. The Morgan fingerprint density at radius 1 is 1.45 bits per heavy atom. The standard InChI is InChI=1S/C14H10ClFN2OS/c1-7-8(2)20-14(9(7)6-17)18-13(19)12-10(15)4-3-5-11(12)16/h3-5H,1-2H3,(H,18,19). The summed E-state index contributed by atoms with van der Waals surface area (Å²) in [5, 5.41) is 12.1. The van der Waals surface area contributed by atoms with Crippen LogP contribution < -0.4 is 5.32 Å². The van der Waals surface area contributed by atoms with Gasteiger partial charge in [-0.15, -0.1) is 11.3 Å². The summed E-state index contributed by atoms with van der Waals surface area (Å²) in [5.74, 6) is -1.36. The average molecular weight is 309 g/mol. The molecule has 1 N–H and O–H groups in total. The largest absolute Gasteiger partial charge is 0.312 e. The predicted octanol–water partition coefficient (Wildman–Crippen LogP) is 4.28. The van der Waals surface area contributed by atoms with E-state index in [1.165, 1.54) is 23.5 Å². The minimum atomic E-state index is -0.696. The van der Waals surface area contributed by atoms with Gasteiger partial charge < -0.3 is 5.32 Å². The van der Waals surface area contributed by atoms with E-state index in [-0.39, 0.29) is 10.6 Å². The fourth-order valence-electron chi connectivity index (χ4n) is 1.73. The van der Waals surface area contributed by atoms with Crippen LogP contribution in [0.2, 0.25) is 5.02 Å². The van der Waals surface area contributed by atoms with Crippen molar-refractivity contribution in [2.45, 2.75) is 13.8 Å². The van der Waals surface area contributed by atoms with Crippen molar-refractivity contribution in [3.8, 4) is 6.07 Å². The van der Waals surface area contributed by atoms with Crippen LogP contribution in [0.25, 0.3) is 0 Å². The molecule has 1 aromatic heterocycles. The number of nitriles is 1. The third-order valence-corrected chi connectivity index (χ3v) is 4.35. The zero-order chi connectivity index (χ0) is 14.9. The third kappa shape index (κ3) is 2.53. The Morgan fingerprint density at radius 2 is 2.15 bits per heavy atom. The van der Waals surface area contributed by atoms with E-state index >= 15 is 0 Å². The SMILES string of the molecule is Cc1sc(NC(=O)c2c(F)cccc2Cl)c(C#N)c1C. The van der Waals surface area contributed by atoms with Crippen molar-refractivity contribution in [2.75, 3.05) is 5.32 Å². The topological polar surface area (TPSA) is 52.9 Å². The molecule has 102 valence electrons. The highest BCUT2D eigenvalue weighted by molar-refractivity contribution is 7.16. The van der Waals surface area contributed by atoms with Gasteiger partial charge in [0.1, 0.15) is 16.9 Å². The molecular formula is C14H10ClFN2OS. The minimum absolute atomic E-state index is 0.0333. The summed E-state index contributed by atoms with van der Waals surface area (Å²) in [6.45, 7) is 3.66. The maximum Gasteiger partial charge on any atom is 0.260 e. The fraction of sp³-hybridized carbons (Fsp3) is 0.143. The molecule has 0 aliphatic carbocycles. The number of hydrogen-bond donors (Lipinski definition) is 1. The summed E-state index contributed by atoms with van der Waals surface area (Å²) >= 11 is 7.12. The number of carbonyl (C=O) groups is 1. The minimum Gasteiger partial charge on any atom is -0.312 e. The summed E-state index contributed by atoms with van der Waals surface area (Å²) in [5.41, 5.74) is 0.988. The molecule has 1 aromatic carbocycles. The van der Waals surface area contributed by atoms with Gasteiger partial charge in [-0.25, -0.2) is 4.39 Å². The number of anilines is 1. The highest BCUT2D eigenvalue weighted by Crippen LogP contribution is 2.32. The Balaban J connectivity index is 2.39. The van der Waals surface area contributed by atoms with E-state index in [4.69, 9.17) is 16.9 Å². The second-order valence-electron chi connectivity index (χ2n) is 4.15. The van der Waals surface area contributed by atoms with Crippen molar-refractivity contribution in [1.82, 2.24) is 0 Å². The van der Waals surface area contributed by atoms with E-state index in [0.717, 1.165) is 16.5 Å². The molecule has 0 radical (unpaired) electrons. The maximum absolute atomic E-state index is 13.7. The molecule has 3 nitrogen and oxygen atoms in total. The maximum atomic E-state index is 13.7. The summed E-state index contributed by atoms with van der Waals surface area (Å²) in [4.78, 5) is 13.0. The van der Waals surface area contributed by atoms with E-state index in [1.54, 1.807) is 6.92 Å². The van der Waals surface area contributed by atoms with Crippen molar-refractivity contribution >= 4 is 33.8 Å². The van der Waals surface area contributed by atoms with Crippen molar-refractivity contribution in [2.24, 2.45) is 0 Å². The first-order chi connectivity index (χ1) is 9.45. The van der Waals surface area contributed by atoms with Crippen LogP contribution in [0.15, 0.2) is 18.2 Å². The zero-order valence-corrected chi connectivity index (χ0v) is 12.3. The van der Waals surface area contributed by atoms with E-state index < -0.39 is 11.7 Å². The molecule has 0 saturated carbocycles. The molecule has 0 aliphatic rings. The van der Waals surface area contributed by atoms with Gasteiger partial charge in [0, 0.05) is 4.88 Å². The summed E-state index contributed by atoms with van der Waals surface area (Å²) in [6.07, 6.45) is 0. The van der Waals surface area contributed by atoms with Gasteiger partial charge in [0.05, 0.1) is 16.1 Å². The molecule has 20 heavy (non-hydrogen) atoms. The summed E-state index contributed by atoms with van der Waals surface area (Å²) in [6, 6.07) is 6.07. The number of halogens is 2. The Bertz CT molecular complexity index is 713. The average Bonchev–Trinajstić information content (AvgIpc) is 2.64. The van der Waals surface area contributed by atoms with Gasteiger partial charge in [0.2, 0.25) is 0 Å². The number of nitrogens with one attached hydrogen (secondary N) is 1. The first-order valence-corrected chi connectivity index (χ1v) is 6.90.